The van der Waals surface area contributed by atoms with E-state index in [0.717, 1.165) is 17.0 Å². The Bertz CT molecular complexity index is 1260. The molecule has 148 valence electrons. The Kier molecular flexibility index (Phi) is 4.58. The van der Waals surface area contributed by atoms with Gasteiger partial charge in [-0.1, -0.05) is 24.3 Å². The fourth-order valence-corrected chi connectivity index (χ4v) is 3.62. The van der Waals surface area contributed by atoms with E-state index in [1.54, 1.807) is 12.1 Å². The number of fused-ring (bicyclic) bond motifs is 1. The van der Waals surface area contributed by atoms with Crippen LogP contribution in [0.1, 0.15) is 5.56 Å². The van der Waals surface area contributed by atoms with Gasteiger partial charge in [-0.2, -0.15) is 18.3 Å². The number of anilines is 1. The molecule has 3 N–H and O–H groups in total. The molecule has 6 nitrogen and oxygen atoms in total. The maximum atomic E-state index is 13.3. The van der Waals surface area contributed by atoms with Crippen molar-refractivity contribution in [2.24, 2.45) is 0 Å². The molecule has 10 heteroatoms. The number of benzene rings is 2. The largest absolute Gasteiger partial charge is 0.416 e. The minimum Gasteiger partial charge on any atom is -0.383 e. The summed E-state index contributed by atoms with van der Waals surface area (Å²) >= 11 is 1.43. The highest BCUT2D eigenvalue weighted by atomic mass is 32.2. The van der Waals surface area contributed by atoms with E-state index in [1.807, 2.05) is 18.4 Å². The lowest BCUT2D eigenvalue weighted by Gasteiger charge is -2.15. The average Bonchev–Trinajstić information content (AvgIpc) is 3.08. The molecule has 0 unspecified atom stereocenters. The summed E-state index contributed by atoms with van der Waals surface area (Å²) in [6.45, 7) is 0. The lowest BCUT2D eigenvalue weighted by molar-refractivity contribution is -0.137. The third kappa shape index (κ3) is 3.25. The molecule has 2 aromatic heterocycles. The van der Waals surface area contributed by atoms with Gasteiger partial charge < -0.3 is 5.73 Å². The molecule has 0 saturated carbocycles. The standard InChI is InChI=1S/C19H14F3N5OS/c1-29-13-5-3-2-4-12(13)27-17(10-6-8-11(9-7-10)19(20,21)22)24-16-14(18(27)28)15(23)25-26-16/h2-9H,1H3,(H3,23,25,26). The van der Waals surface area contributed by atoms with Gasteiger partial charge in [0.25, 0.3) is 5.56 Å². The molecule has 0 aliphatic heterocycles. The molecule has 0 radical (unpaired) electrons. The molecule has 2 heterocycles. The van der Waals surface area contributed by atoms with E-state index in [0.29, 0.717) is 11.3 Å². The summed E-state index contributed by atoms with van der Waals surface area (Å²) in [5.41, 5.74) is 5.59. The number of nitrogens with two attached hydrogens (primary N) is 1. The van der Waals surface area contributed by atoms with Gasteiger partial charge in [0.05, 0.1) is 11.3 Å². The van der Waals surface area contributed by atoms with E-state index in [9.17, 15) is 18.0 Å². The van der Waals surface area contributed by atoms with Gasteiger partial charge in [0.15, 0.2) is 5.65 Å². The third-order valence-corrected chi connectivity index (χ3v) is 5.20. The van der Waals surface area contributed by atoms with Gasteiger partial charge in [-0.05, 0) is 30.5 Å². The zero-order valence-electron chi connectivity index (χ0n) is 15.0. The Hall–Kier alpha value is -3.27. The van der Waals surface area contributed by atoms with Crippen LogP contribution in [0.4, 0.5) is 19.0 Å². The first-order valence-electron chi connectivity index (χ1n) is 8.39. The summed E-state index contributed by atoms with van der Waals surface area (Å²) in [6.07, 6.45) is -2.60. The van der Waals surface area contributed by atoms with Gasteiger partial charge in [-0.3, -0.25) is 14.5 Å². The number of halogens is 3. The molecule has 0 spiro atoms. The van der Waals surface area contributed by atoms with E-state index in [2.05, 4.69) is 15.2 Å². The van der Waals surface area contributed by atoms with Gasteiger partial charge in [0.1, 0.15) is 17.0 Å². The zero-order valence-corrected chi connectivity index (χ0v) is 15.8. The average molecular weight is 417 g/mol. The van der Waals surface area contributed by atoms with Crippen molar-refractivity contribution in [3.8, 4) is 17.1 Å². The second-order valence-electron chi connectivity index (χ2n) is 6.16. The quantitative estimate of drug-likeness (QED) is 0.490. The number of aromatic amines is 1. The summed E-state index contributed by atoms with van der Waals surface area (Å²) in [4.78, 5) is 18.5. The molecule has 0 bridgehead atoms. The molecular weight excluding hydrogens is 403 g/mol. The number of nitrogens with zero attached hydrogens (tertiary/aromatic N) is 3. The van der Waals surface area contributed by atoms with Crippen LogP contribution < -0.4 is 11.3 Å². The molecule has 2 aromatic carbocycles. The first-order chi connectivity index (χ1) is 13.8. The predicted molar refractivity (Wildman–Crippen MR) is 106 cm³/mol. The van der Waals surface area contributed by atoms with Crippen LogP contribution >= 0.6 is 11.8 Å². The van der Waals surface area contributed by atoms with Crippen molar-refractivity contribution in [1.29, 1.82) is 0 Å². The number of aromatic nitrogens is 4. The van der Waals surface area contributed by atoms with Crippen LogP contribution in [0, 0.1) is 0 Å². The molecule has 4 aromatic rings. The Labute approximate surface area is 166 Å². The second-order valence-corrected chi connectivity index (χ2v) is 7.01. The van der Waals surface area contributed by atoms with Crippen molar-refractivity contribution in [2.75, 3.05) is 12.0 Å². The zero-order chi connectivity index (χ0) is 20.8. The number of thioether (sulfide) groups is 1. The van der Waals surface area contributed by atoms with E-state index in [-0.39, 0.29) is 22.7 Å². The van der Waals surface area contributed by atoms with Crippen LogP contribution in [0.3, 0.4) is 0 Å². The molecule has 0 aliphatic carbocycles. The number of nitrogen functional groups attached to an aromatic ring is 1. The first-order valence-corrected chi connectivity index (χ1v) is 9.61. The number of nitrogens with one attached hydrogen (secondary N) is 1. The number of alkyl halides is 3. The Morgan fingerprint density at radius 1 is 1.10 bits per heavy atom. The number of rotatable bonds is 3. The molecule has 4 rings (SSSR count). The Morgan fingerprint density at radius 3 is 2.45 bits per heavy atom. The van der Waals surface area contributed by atoms with Crippen molar-refractivity contribution in [3.63, 3.8) is 0 Å². The van der Waals surface area contributed by atoms with E-state index >= 15 is 0 Å². The summed E-state index contributed by atoms with van der Waals surface area (Å²) < 4.78 is 40.2. The van der Waals surface area contributed by atoms with E-state index in [4.69, 9.17) is 5.73 Å². The van der Waals surface area contributed by atoms with Crippen LogP contribution in [-0.2, 0) is 6.18 Å². The molecule has 0 saturated heterocycles. The topological polar surface area (TPSA) is 89.6 Å². The summed E-state index contributed by atoms with van der Waals surface area (Å²) in [5.74, 6) is 0.246. The van der Waals surface area contributed by atoms with Crippen molar-refractivity contribution < 1.29 is 13.2 Å². The molecule has 0 atom stereocenters. The van der Waals surface area contributed by atoms with Gasteiger partial charge in [0.2, 0.25) is 0 Å². The molecule has 0 fully saturated rings. The lowest BCUT2D eigenvalue weighted by atomic mass is 10.1. The van der Waals surface area contributed by atoms with E-state index < -0.39 is 17.3 Å². The van der Waals surface area contributed by atoms with Crippen molar-refractivity contribution >= 4 is 28.6 Å². The van der Waals surface area contributed by atoms with Crippen LogP contribution in [0.25, 0.3) is 28.1 Å². The van der Waals surface area contributed by atoms with Crippen LogP contribution in [0.5, 0.6) is 0 Å². The van der Waals surface area contributed by atoms with Gasteiger partial charge >= 0.3 is 6.18 Å². The van der Waals surface area contributed by atoms with Crippen molar-refractivity contribution in [3.05, 3.63) is 64.4 Å². The van der Waals surface area contributed by atoms with Crippen molar-refractivity contribution in [1.82, 2.24) is 19.7 Å². The number of para-hydroxylation sites is 1. The smallest absolute Gasteiger partial charge is 0.383 e. The normalized spacial score (nSPS) is 11.9. The van der Waals surface area contributed by atoms with Crippen LogP contribution in [-0.4, -0.2) is 26.0 Å². The fourth-order valence-electron chi connectivity index (χ4n) is 3.04. The Balaban J connectivity index is 2.04. The monoisotopic (exact) mass is 417 g/mol. The Morgan fingerprint density at radius 2 is 1.79 bits per heavy atom. The number of hydrogen-bond donors (Lipinski definition) is 2. The lowest BCUT2D eigenvalue weighted by Crippen LogP contribution is -2.22. The highest BCUT2D eigenvalue weighted by Gasteiger charge is 2.30. The van der Waals surface area contributed by atoms with Gasteiger partial charge in [-0.25, -0.2) is 4.98 Å². The fraction of sp³-hybridized carbons (Fsp3) is 0.105. The SMILES string of the molecule is CSc1ccccc1-n1c(-c2ccc(C(F)(F)F)cc2)nc2n[nH]c(N)c2c1=O. The predicted octanol–water partition coefficient (Wildman–Crippen LogP) is 4.10. The van der Waals surface area contributed by atoms with E-state index in [1.165, 1.54) is 28.5 Å². The number of hydrogen-bond acceptors (Lipinski definition) is 5. The van der Waals surface area contributed by atoms with Crippen molar-refractivity contribution in [2.45, 2.75) is 11.1 Å². The summed E-state index contributed by atoms with van der Waals surface area (Å²) in [5, 5.41) is 6.59. The highest BCUT2D eigenvalue weighted by Crippen LogP contribution is 2.32. The maximum Gasteiger partial charge on any atom is 0.416 e. The van der Waals surface area contributed by atoms with Gasteiger partial charge in [-0.15, -0.1) is 11.8 Å². The van der Waals surface area contributed by atoms with Crippen LogP contribution in [0.15, 0.2) is 58.2 Å². The second kappa shape index (κ2) is 6.96. The number of H-pyrrole nitrogens is 1. The minimum absolute atomic E-state index is 0.0758. The maximum absolute atomic E-state index is 13.3. The molecule has 0 amide bonds. The summed E-state index contributed by atoms with van der Waals surface area (Å²) in [7, 11) is 0. The third-order valence-electron chi connectivity index (χ3n) is 4.41. The van der Waals surface area contributed by atoms with Crippen LogP contribution in [0.2, 0.25) is 0 Å². The summed E-state index contributed by atoms with van der Waals surface area (Å²) in [6, 6.07) is 11.6. The van der Waals surface area contributed by atoms with Gasteiger partial charge in [0, 0.05) is 10.5 Å². The molecular formula is C19H14F3N5OS. The minimum atomic E-state index is -4.46. The first kappa shape index (κ1) is 19.1. The highest BCUT2D eigenvalue weighted by molar-refractivity contribution is 7.98. The molecule has 0 aliphatic rings. The molecule has 29 heavy (non-hydrogen) atoms.